The van der Waals surface area contributed by atoms with E-state index in [9.17, 15) is 4.79 Å². The summed E-state index contributed by atoms with van der Waals surface area (Å²) in [4.78, 5) is 16.6. The summed E-state index contributed by atoms with van der Waals surface area (Å²) in [6.45, 7) is 4.47. The molecule has 0 radical (unpaired) electrons. The normalized spacial score (nSPS) is 16.4. The summed E-state index contributed by atoms with van der Waals surface area (Å²) in [7, 11) is 1.37. The molecule has 7 nitrogen and oxygen atoms in total. The molecule has 2 aromatic rings. The van der Waals surface area contributed by atoms with Crippen molar-refractivity contribution >= 4 is 11.9 Å². The molecule has 0 amide bonds. The van der Waals surface area contributed by atoms with Crippen LogP contribution in [0.3, 0.4) is 0 Å². The molecule has 2 heterocycles. The highest BCUT2D eigenvalue weighted by Gasteiger charge is 2.35. The Labute approximate surface area is 140 Å². The Morgan fingerprint density at radius 1 is 1.38 bits per heavy atom. The number of para-hydroxylation sites is 1. The summed E-state index contributed by atoms with van der Waals surface area (Å²) in [6.07, 6.45) is 2.35. The van der Waals surface area contributed by atoms with Gasteiger partial charge in [0.1, 0.15) is 18.1 Å². The van der Waals surface area contributed by atoms with Crippen molar-refractivity contribution in [1.29, 1.82) is 0 Å². The predicted octanol–water partition coefficient (Wildman–Crippen LogP) is 2.53. The molecule has 3 rings (SSSR count). The molecule has 0 aliphatic carbocycles. The quantitative estimate of drug-likeness (QED) is 0.850. The van der Waals surface area contributed by atoms with Gasteiger partial charge in [0, 0.05) is 11.3 Å². The molecule has 1 unspecified atom stereocenters. The lowest BCUT2D eigenvalue weighted by molar-refractivity contribution is -0.136. The lowest BCUT2D eigenvalue weighted by Gasteiger charge is -2.29. The molecule has 0 saturated heterocycles. The van der Waals surface area contributed by atoms with Crippen LogP contribution in [-0.4, -0.2) is 34.5 Å². The lowest BCUT2D eigenvalue weighted by atomic mass is 9.95. The van der Waals surface area contributed by atoms with E-state index in [4.69, 9.17) is 9.47 Å². The van der Waals surface area contributed by atoms with Gasteiger partial charge in [0.25, 0.3) is 0 Å². The van der Waals surface area contributed by atoms with Gasteiger partial charge in [-0.1, -0.05) is 25.1 Å². The number of nitrogens with one attached hydrogen (secondary N) is 1. The standard InChI is InChI=1S/C17H20N4O3/c1-4-9-24-13-8-6-5-7-12(13)15-14(16(22)23-3)11(2)20-17-18-10-19-21(15)17/h5-8,10,15H,4,9H2,1-3H3,(H,18,19,20). The molecular weight excluding hydrogens is 308 g/mol. The third-order valence-electron chi connectivity index (χ3n) is 3.87. The third kappa shape index (κ3) is 2.73. The minimum atomic E-state index is -0.454. The van der Waals surface area contributed by atoms with Crippen molar-refractivity contribution < 1.29 is 14.3 Å². The Morgan fingerprint density at radius 2 is 2.17 bits per heavy atom. The van der Waals surface area contributed by atoms with E-state index in [1.54, 1.807) is 4.68 Å². The largest absolute Gasteiger partial charge is 0.493 e. The second kappa shape index (κ2) is 6.74. The summed E-state index contributed by atoms with van der Waals surface area (Å²) in [5, 5.41) is 7.38. The number of fused-ring (bicyclic) bond motifs is 1. The average Bonchev–Trinajstić information content (AvgIpc) is 3.06. The Hall–Kier alpha value is -2.83. The van der Waals surface area contributed by atoms with Gasteiger partial charge in [-0.3, -0.25) is 0 Å². The maximum atomic E-state index is 12.4. The molecular formula is C17H20N4O3. The Kier molecular flexibility index (Phi) is 4.50. The van der Waals surface area contributed by atoms with Crippen molar-refractivity contribution in [1.82, 2.24) is 14.8 Å². The summed E-state index contributed by atoms with van der Waals surface area (Å²) < 4.78 is 12.5. The zero-order valence-corrected chi connectivity index (χ0v) is 13.9. The van der Waals surface area contributed by atoms with Crippen LogP contribution in [0.5, 0.6) is 5.75 Å². The predicted molar refractivity (Wildman–Crippen MR) is 88.7 cm³/mol. The number of rotatable bonds is 5. The fourth-order valence-corrected chi connectivity index (χ4v) is 2.80. The van der Waals surface area contributed by atoms with Crippen LogP contribution in [0.15, 0.2) is 41.9 Å². The molecule has 0 spiro atoms. The van der Waals surface area contributed by atoms with Gasteiger partial charge in [-0.15, -0.1) is 0 Å². The van der Waals surface area contributed by atoms with Crippen LogP contribution in [0, 0.1) is 0 Å². The van der Waals surface area contributed by atoms with E-state index >= 15 is 0 Å². The van der Waals surface area contributed by atoms with Gasteiger partial charge in [0.05, 0.1) is 19.3 Å². The second-order valence-electron chi connectivity index (χ2n) is 5.47. The first-order valence-electron chi connectivity index (χ1n) is 7.84. The molecule has 1 aromatic heterocycles. The summed E-state index contributed by atoms with van der Waals surface area (Å²) in [5.74, 6) is 0.897. The van der Waals surface area contributed by atoms with E-state index in [0.29, 0.717) is 23.8 Å². The monoisotopic (exact) mass is 328 g/mol. The van der Waals surface area contributed by atoms with Crippen molar-refractivity contribution in [2.75, 3.05) is 19.0 Å². The van der Waals surface area contributed by atoms with E-state index in [2.05, 4.69) is 15.4 Å². The van der Waals surface area contributed by atoms with Gasteiger partial charge in [-0.25, -0.2) is 9.48 Å². The van der Waals surface area contributed by atoms with Crippen molar-refractivity contribution in [3.63, 3.8) is 0 Å². The van der Waals surface area contributed by atoms with Crippen molar-refractivity contribution in [3.05, 3.63) is 47.4 Å². The Morgan fingerprint density at radius 3 is 2.92 bits per heavy atom. The number of carbonyl (C=O) groups is 1. The Bertz CT molecular complexity index is 782. The van der Waals surface area contributed by atoms with Gasteiger partial charge >= 0.3 is 5.97 Å². The number of esters is 1. The number of ether oxygens (including phenoxy) is 2. The Balaban J connectivity index is 2.15. The summed E-state index contributed by atoms with van der Waals surface area (Å²) in [6, 6.07) is 7.20. The smallest absolute Gasteiger partial charge is 0.338 e. The number of hydrogen-bond donors (Lipinski definition) is 1. The van der Waals surface area contributed by atoms with Crippen molar-refractivity contribution in [3.8, 4) is 5.75 Å². The van der Waals surface area contributed by atoms with Gasteiger partial charge < -0.3 is 14.8 Å². The van der Waals surface area contributed by atoms with Crippen molar-refractivity contribution in [2.45, 2.75) is 26.3 Å². The summed E-state index contributed by atoms with van der Waals surface area (Å²) >= 11 is 0. The molecule has 0 bridgehead atoms. The van der Waals surface area contributed by atoms with E-state index in [1.165, 1.54) is 13.4 Å². The molecule has 1 atom stereocenters. The van der Waals surface area contributed by atoms with E-state index in [0.717, 1.165) is 17.7 Å². The van der Waals surface area contributed by atoms with Crippen LogP contribution in [0.4, 0.5) is 5.95 Å². The van der Waals surface area contributed by atoms with Crippen LogP contribution in [0.25, 0.3) is 0 Å². The van der Waals surface area contributed by atoms with Crippen LogP contribution < -0.4 is 10.1 Å². The topological polar surface area (TPSA) is 78.3 Å². The van der Waals surface area contributed by atoms with Crippen LogP contribution in [0.2, 0.25) is 0 Å². The highest BCUT2D eigenvalue weighted by molar-refractivity contribution is 5.92. The van der Waals surface area contributed by atoms with Gasteiger partial charge in [-0.05, 0) is 19.4 Å². The number of aromatic nitrogens is 3. The third-order valence-corrected chi connectivity index (χ3v) is 3.87. The molecule has 1 aromatic carbocycles. The van der Waals surface area contributed by atoms with Crippen LogP contribution >= 0.6 is 0 Å². The number of anilines is 1. The maximum absolute atomic E-state index is 12.4. The molecule has 0 fully saturated rings. The molecule has 24 heavy (non-hydrogen) atoms. The zero-order chi connectivity index (χ0) is 17.1. The summed E-state index contributed by atoms with van der Waals surface area (Å²) in [5.41, 5.74) is 2.03. The maximum Gasteiger partial charge on any atom is 0.338 e. The molecule has 1 N–H and O–H groups in total. The highest BCUT2D eigenvalue weighted by atomic mass is 16.5. The lowest BCUT2D eigenvalue weighted by Crippen LogP contribution is -2.29. The number of carbonyl (C=O) groups excluding carboxylic acids is 1. The first kappa shape index (κ1) is 16.0. The first-order chi connectivity index (χ1) is 11.7. The van der Waals surface area contributed by atoms with Crippen LogP contribution in [-0.2, 0) is 9.53 Å². The van der Waals surface area contributed by atoms with Crippen LogP contribution in [0.1, 0.15) is 31.9 Å². The first-order valence-corrected chi connectivity index (χ1v) is 7.84. The average molecular weight is 328 g/mol. The van der Waals surface area contributed by atoms with Gasteiger partial charge in [-0.2, -0.15) is 10.1 Å². The van der Waals surface area contributed by atoms with Crippen molar-refractivity contribution in [2.24, 2.45) is 0 Å². The van der Waals surface area contributed by atoms with E-state index in [-0.39, 0.29) is 0 Å². The minimum Gasteiger partial charge on any atom is -0.493 e. The van der Waals surface area contributed by atoms with Gasteiger partial charge in [0.2, 0.25) is 5.95 Å². The molecule has 1 aliphatic heterocycles. The van der Waals surface area contributed by atoms with E-state index in [1.807, 2.05) is 38.1 Å². The molecule has 0 saturated carbocycles. The number of allylic oxidation sites excluding steroid dienone is 1. The SMILES string of the molecule is CCCOc1ccccc1C1C(C(=O)OC)=C(C)Nc2ncnn21. The second-order valence-corrected chi connectivity index (χ2v) is 5.47. The number of hydrogen-bond acceptors (Lipinski definition) is 6. The fourth-order valence-electron chi connectivity index (χ4n) is 2.80. The molecule has 126 valence electrons. The zero-order valence-electron chi connectivity index (χ0n) is 13.9. The number of methoxy groups -OCH3 is 1. The van der Waals surface area contributed by atoms with E-state index < -0.39 is 12.0 Å². The number of nitrogens with zero attached hydrogens (tertiary/aromatic N) is 3. The molecule has 7 heteroatoms. The fraction of sp³-hybridized carbons (Fsp3) is 0.353. The highest BCUT2D eigenvalue weighted by Crippen LogP contribution is 2.38. The van der Waals surface area contributed by atoms with Gasteiger partial charge in [0.15, 0.2) is 0 Å². The molecule has 1 aliphatic rings. The number of benzene rings is 1. The minimum absolute atomic E-state index is 0.406.